The van der Waals surface area contributed by atoms with Crippen molar-refractivity contribution in [1.82, 2.24) is 14.8 Å². The Morgan fingerprint density at radius 1 is 1.40 bits per heavy atom. The summed E-state index contributed by atoms with van der Waals surface area (Å²) in [7, 11) is 0. The van der Waals surface area contributed by atoms with Gasteiger partial charge in [-0.05, 0) is 25.0 Å². The Labute approximate surface area is 117 Å². The third-order valence-corrected chi connectivity index (χ3v) is 3.57. The van der Waals surface area contributed by atoms with E-state index >= 15 is 0 Å². The maximum Gasteiger partial charge on any atom is 0.152 e. The molecule has 1 unspecified atom stereocenters. The monoisotopic (exact) mass is 275 g/mol. The molecule has 1 atom stereocenters. The van der Waals surface area contributed by atoms with Crippen molar-refractivity contribution in [2.45, 2.75) is 32.5 Å². The van der Waals surface area contributed by atoms with Crippen LogP contribution in [-0.2, 0) is 19.5 Å². The zero-order chi connectivity index (χ0) is 14.1. The summed E-state index contributed by atoms with van der Waals surface area (Å²) < 4.78 is 16.3. The molecule has 0 aliphatic carbocycles. The highest BCUT2D eigenvalue weighted by molar-refractivity contribution is 5.55. The van der Waals surface area contributed by atoms with E-state index in [0.29, 0.717) is 18.7 Å². The van der Waals surface area contributed by atoms with Crippen LogP contribution in [0.2, 0.25) is 0 Å². The summed E-state index contributed by atoms with van der Waals surface area (Å²) in [6.45, 7) is 4.03. The van der Waals surface area contributed by atoms with E-state index in [0.717, 1.165) is 24.5 Å². The first-order chi connectivity index (χ1) is 9.65. The molecule has 0 radical (unpaired) electrons. The van der Waals surface area contributed by atoms with Crippen molar-refractivity contribution in [3.8, 4) is 0 Å². The molecule has 2 N–H and O–H groups in total. The number of hydrogen-bond acceptors (Lipinski definition) is 4. The van der Waals surface area contributed by atoms with E-state index in [1.165, 1.54) is 6.07 Å². The van der Waals surface area contributed by atoms with Crippen LogP contribution in [0.25, 0.3) is 0 Å². The summed E-state index contributed by atoms with van der Waals surface area (Å²) >= 11 is 0. The van der Waals surface area contributed by atoms with Gasteiger partial charge in [0.25, 0.3) is 0 Å². The molecule has 0 amide bonds. The number of hydrogen-bond donors (Lipinski definition) is 1. The predicted octanol–water partition coefficient (Wildman–Crippen LogP) is 1.33. The van der Waals surface area contributed by atoms with Gasteiger partial charge in [-0.15, -0.1) is 10.2 Å². The molecule has 2 heterocycles. The van der Waals surface area contributed by atoms with E-state index in [1.807, 2.05) is 22.5 Å². The van der Waals surface area contributed by atoms with E-state index in [9.17, 15) is 4.39 Å². The number of halogens is 1. The van der Waals surface area contributed by atoms with Gasteiger partial charge < -0.3 is 15.2 Å². The fourth-order valence-corrected chi connectivity index (χ4v) is 2.68. The SMILES string of the molecule is CC(N)Cc1cccc(F)c1N1CCn2cnnc2C1. The fourth-order valence-electron chi connectivity index (χ4n) is 2.68. The predicted molar refractivity (Wildman–Crippen MR) is 74.8 cm³/mol. The molecule has 20 heavy (non-hydrogen) atoms. The van der Waals surface area contributed by atoms with Crippen LogP contribution in [0.4, 0.5) is 10.1 Å². The molecule has 0 bridgehead atoms. The average Bonchev–Trinajstić information content (AvgIpc) is 2.85. The maximum atomic E-state index is 14.3. The molecule has 0 fully saturated rings. The van der Waals surface area contributed by atoms with Crippen molar-refractivity contribution in [2.24, 2.45) is 5.73 Å². The molecule has 3 rings (SSSR count). The molecule has 106 valence electrons. The molecule has 6 heteroatoms. The van der Waals surface area contributed by atoms with Gasteiger partial charge in [0, 0.05) is 19.1 Å². The van der Waals surface area contributed by atoms with Crippen LogP contribution >= 0.6 is 0 Å². The van der Waals surface area contributed by atoms with E-state index in [4.69, 9.17) is 5.73 Å². The number of nitrogens with two attached hydrogens (primary N) is 1. The topological polar surface area (TPSA) is 60.0 Å². The highest BCUT2D eigenvalue weighted by atomic mass is 19.1. The third-order valence-electron chi connectivity index (χ3n) is 3.57. The summed E-state index contributed by atoms with van der Waals surface area (Å²) in [6.07, 6.45) is 2.38. The zero-order valence-corrected chi connectivity index (χ0v) is 11.5. The van der Waals surface area contributed by atoms with Gasteiger partial charge in [-0.1, -0.05) is 12.1 Å². The van der Waals surface area contributed by atoms with Gasteiger partial charge in [-0.2, -0.15) is 0 Å². The molecular formula is C14H18FN5. The third kappa shape index (κ3) is 2.38. The quantitative estimate of drug-likeness (QED) is 0.918. The highest BCUT2D eigenvalue weighted by Crippen LogP contribution is 2.28. The van der Waals surface area contributed by atoms with Crippen LogP contribution < -0.4 is 10.6 Å². The number of fused-ring (bicyclic) bond motifs is 1. The number of anilines is 1. The second-order valence-corrected chi connectivity index (χ2v) is 5.29. The van der Waals surface area contributed by atoms with Gasteiger partial charge in [0.2, 0.25) is 0 Å². The Hall–Kier alpha value is -1.95. The van der Waals surface area contributed by atoms with Gasteiger partial charge in [0.05, 0.1) is 12.2 Å². The molecule has 0 spiro atoms. The minimum Gasteiger partial charge on any atom is -0.360 e. The van der Waals surface area contributed by atoms with Crippen molar-refractivity contribution < 1.29 is 4.39 Å². The molecule has 1 aliphatic heterocycles. The van der Waals surface area contributed by atoms with Crippen molar-refractivity contribution in [1.29, 1.82) is 0 Å². The van der Waals surface area contributed by atoms with Crippen LogP contribution in [0.15, 0.2) is 24.5 Å². The largest absolute Gasteiger partial charge is 0.360 e. The van der Waals surface area contributed by atoms with Crippen LogP contribution in [-0.4, -0.2) is 27.4 Å². The standard InChI is InChI=1S/C14H18FN5/c1-10(16)7-11-3-2-4-12(15)14(11)19-5-6-20-9-17-18-13(20)8-19/h2-4,9-10H,5-8,16H2,1H3. The molecule has 0 saturated heterocycles. The lowest BCUT2D eigenvalue weighted by Crippen LogP contribution is -2.35. The molecule has 5 nitrogen and oxygen atoms in total. The number of aromatic nitrogens is 3. The van der Waals surface area contributed by atoms with Crippen molar-refractivity contribution in [2.75, 3.05) is 11.4 Å². The minimum atomic E-state index is -0.198. The number of para-hydroxylation sites is 1. The van der Waals surface area contributed by atoms with Gasteiger partial charge in [0.15, 0.2) is 5.82 Å². The summed E-state index contributed by atoms with van der Waals surface area (Å²) in [4.78, 5) is 2.02. The molecule has 1 aromatic carbocycles. The Morgan fingerprint density at radius 2 is 2.25 bits per heavy atom. The molecule has 1 aliphatic rings. The number of benzene rings is 1. The first-order valence-corrected chi connectivity index (χ1v) is 6.79. The van der Waals surface area contributed by atoms with Crippen LogP contribution in [0.1, 0.15) is 18.3 Å². The minimum absolute atomic E-state index is 0.00370. The molecule has 0 saturated carbocycles. The van der Waals surface area contributed by atoms with Gasteiger partial charge in [0.1, 0.15) is 12.1 Å². The lowest BCUT2D eigenvalue weighted by molar-refractivity contribution is 0.540. The lowest BCUT2D eigenvalue weighted by Gasteiger charge is -2.31. The van der Waals surface area contributed by atoms with Crippen LogP contribution in [0.3, 0.4) is 0 Å². The second kappa shape index (κ2) is 5.20. The Morgan fingerprint density at radius 3 is 3.05 bits per heavy atom. The fraction of sp³-hybridized carbons (Fsp3) is 0.429. The molecular weight excluding hydrogens is 257 g/mol. The van der Waals surface area contributed by atoms with E-state index in [1.54, 1.807) is 12.4 Å². The lowest BCUT2D eigenvalue weighted by atomic mass is 10.0. The smallest absolute Gasteiger partial charge is 0.152 e. The van der Waals surface area contributed by atoms with Gasteiger partial charge in [-0.25, -0.2) is 4.39 Å². The van der Waals surface area contributed by atoms with Crippen molar-refractivity contribution >= 4 is 5.69 Å². The number of nitrogens with zero attached hydrogens (tertiary/aromatic N) is 4. The summed E-state index contributed by atoms with van der Waals surface area (Å²) in [5.41, 5.74) is 7.47. The average molecular weight is 275 g/mol. The second-order valence-electron chi connectivity index (χ2n) is 5.29. The van der Waals surface area contributed by atoms with Crippen LogP contribution in [0.5, 0.6) is 0 Å². The first-order valence-electron chi connectivity index (χ1n) is 6.79. The highest BCUT2D eigenvalue weighted by Gasteiger charge is 2.22. The number of rotatable bonds is 3. The Balaban J connectivity index is 1.94. The van der Waals surface area contributed by atoms with Gasteiger partial charge in [-0.3, -0.25) is 0 Å². The molecule has 1 aromatic heterocycles. The van der Waals surface area contributed by atoms with E-state index in [-0.39, 0.29) is 11.9 Å². The Kier molecular flexibility index (Phi) is 3.40. The summed E-state index contributed by atoms with van der Waals surface area (Å²) in [6, 6.07) is 5.19. The van der Waals surface area contributed by atoms with Crippen LogP contribution in [0, 0.1) is 5.82 Å². The zero-order valence-electron chi connectivity index (χ0n) is 11.5. The first kappa shape index (κ1) is 13.1. The summed E-state index contributed by atoms with van der Waals surface area (Å²) in [5, 5.41) is 7.97. The van der Waals surface area contributed by atoms with Gasteiger partial charge >= 0.3 is 0 Å². The van der Waals surface area contributed by atoms with E-state index in [2.05, 4.69) is 10.2 Å². The molecule has 2 aromatic rings. The van der Waals surface area contributed by atoms with Crippen molar-refractivity contribution in [3.05, 3.63) is 41.7 Å². The summed E-state index contributed by atoms with van der Waals surface area (Å²) in [5.74, 6) is 0.669. The Bertz CT molecular complexity index is 607. The maximum absolute atomic E-state index is 14.3. The normalized spacial score (nSPS) is 16.1. The van der Waals surface area contributed by atoms with Crippen molar-refractivity contribution in [3.63, 3.8) is 0 Å². The van der Waals surface area contributed by atoms with E-state index < -0.39 is 0 Å².